The molecule has 9 heteroatoms. The van der Waals surface area contributed by atoms with Gasteiger partial charge in [-0.25, -0.2) is 23.5 Å². The van der Waals surface area contributed by atoms with Gasteiger partial charge in [0, 0.05) is 29.1 Å². The van der Waals surface area contributed by atoms with E-state index in [2.05, 4.69) is 0 Å². The highest BCUT2D eigenvalue weighted by Gasteiger charge is 2.43. The smallest absolute Gasteiger partial charge is 0.352 e. The second-order valence-electron chi connectivity index (χ2n) is 9.77. The van der Waals surface area contributed by atoms with Crippen LogP contribution in [0.3, 0.4) is 0 Å². The van der Waals surface area contributed by atoms with Crippen LogP contribution in [-0.4, -0.2) is 37.7 Å². The molecule has 0 saturated heterocycles. The number of para-hydroxylation sites is 1. The van der Waals surface area contributed by atoms with E-state index in [9.17, 15) is 24.3 Å². The SMILES string of the molecule is COc1cc(C=C[C@H]2C3=CCn4c(=O)n(-c5ccccc5)c(=O)n4[C@@H]3CC3=C2C(=O)C(C)=CC3=O)ccc1O. The van der Waals surface area contributed by atoms with Crippen molar-refractivity contribution in [2.75, 3.05) is 7.11 Å². The van der Waals surface area contributed by atoms with E-state index in [0.717, 1.165) is 15.7 Å². The molecule has 3 aliphatic rings. The van der Waals surface area contributed by atoms with E-state index in [0.29, 0.717) is 28.2 Å². The van der Waals surface area contributed by atoms with Crippen LogP contribution < -0.4 is 16.1 Å². The number of ether oxygens (including phenoxy) is 1. The van der Waals surface area contributed by atoms with Crippen molar-refractivity contribution in [2.45, 2.75) is 25.9 Å². The molecule has 0 bridgehead atoms. The fourth-order valence-corrected chi connectivity index (χ4v) is 5.71. The van der Waals surface area contributed by atoms with Crippen LogP contribution in [0, 0.1) is 5.92 Å². The largest absolute Gasteiger partial charge is 0.504 e. The van der Waals surface area contributed by atoms with Gasteiger partial charge in [-0.3, -0.25) is 9.59 Å². The highest BCUT2D eigenvalue weighted by Crippen LogP contribution is 2.46. The van der Waals surface area contributed by atoms with Gasteiger partial charge in [0.05, 0.1) is 25.4 Å². The number of nitrogens with zero attached hydrogens (tertiary/aromatic N) is 3. The minimum atomic E-state index is -0.616. The molecule has 0 fully saturated rings. The molecule has 2 aromatic carbocycles. The Morgan fingerprint density at radius 3 is 2.54 bits per heavy atom. The number of aromatic nitrogens is 3. The highest BCUT2D eigenvalue weighted by atomic mass is 16.5. The summed E-state index contributed by atoms with van der Waals surface area (Å²) >= 11 is 0. The number of phenolic OH excluding ortho intramolecular Hbond substituents is 1. The van der Waals surface area contributed by atoms with Gasteiger partial charge >= 0.3 is 11.4 Å². The number of carbonyl (C=O) groups is 2. The van der Waals surface area contributed by atoms with E-state index >= 15 is 0 Å². The molecule has 0 radical (unpaired) electrons. The van der Waals surface area contributed by atoms with Crippen molar-refractivity contribution < 1.29 is 19.4 Å². The Morgan fingerprint density at radius 1 is 1.03 bits per heavy atom. The molecular weight excluding hydrogens is 498 g/mol. The lowest BCUT2D eigenvalue weighted by Crippen LogP contribution is -2.41. The first-order chi connectivity index (χ1) is 18.8. The minimum Gasteiger partial charge on any atom is -0.504 e. The van der Waals surface area contributed by atoms with Gasteiger partial charge in [-0.2, -0.15) is 0 Å². The van der Waals surface area contributed by atoms with E-state index in [1.54, 1.807) is 55.5 Å². The lowest BCUT2D eigenvalue weighted by atomic mass is 9.70. The van der Waals surface area contributed by atoms with Crippen molar-refractivity contribution in [1.29, 1.82) is 0 Å². The summed E-state index contributed by atoms with van der Waals surface area (Å²) in [5.74, 6) is -0.758. The normalized spacial score (nSPS) is 20.4. The maximum Gasteiger partial charge on any atom is 0.352 e. The predicted molar refractivity (Wildman–Crippen MR) is 144 cm³/mol. The predicted octanol–water partition coefficient (Wildman–Crippen LogP) is 3.12. The molecule has 3 aromatic rings. The van der Waals surface area contributed by atoms with Gasteiger partial charge in [0.1, 0.15) is 0 Å². The number of phenols is 1. The molecule has 6 rings (SSSR count). The van der Waals surface area contributed by atoms with Crippen molar-refractivity contribution >= 4 is 17.6 Å². The average Bonchev–Trinajstić information content (AvgIpc) is 3.20. The Labute approximate surface area is 222 Å². The molecule has 1 N–H and O–H groups in total. The lowest BCUT2D eigenvalue weighted by molar-refractivity contribution is -0.116. The Balaban J connectivity index is 1.51. The van der Waals surface area contributed by atoms with Crippen LogP contribution in [0.5, 0.6) is 11.5 Å². The topological polar surface area (TPSA) is 113 Å². The summed E-state index contributed by atoms with van der Waals surface area (Å²) < 4.78 is 9.15. The quantitative estimate of drug-likeness (QED) is 0.415. The number of aromatic hydroxyl groups is 1. The molecule has 1 aromatic heterocycles. The number of carbonyl (C=O) groups excluding carboxylic acids is 2. The van der Waals surface area contributed by atoms with Gasteiger partial charge in [0.2, 0.25) is 0 Å². The van der Waals surface area contributed by atoms with E-state index in [-0.39, 0.29) is 30.3 Å². The molecule has 9 nitrogen and oxygen atoms in total. The zero-order valence-electron chi connectivity index (χ0n) is 21.3. The molecule has 2 aliphatic carbocycles. The summed E-state index contributed by atoms with van der Waals surface area (Å²) in [5.41, 5.74) is 2.10. The summed E-state index contributed by atoms with van der Waals surface area (Å²) in [5, 5.41) is 9.96. The molecule has 2 atom stereocenters. The molecule has 39 heavy (non-hydrogen) atoms. The van der Waals surface area contributed by atoms with Crippen molar-refractivity contribution in [3.8, 4) is 17.2 Å². The lowest BCUT2D eigenvalue weighted by Gasteiger charge is -2.38. The van der Waals surface area contributed by atoms with Crippen LogP contribution in [0.15, 0.2) is 98.6 Å². The molecule has 196 valence electrons. The third-order valence-electron chi connectivity index (χ3n) is 7.58. The van der Waals surface area contributed by atoms with E-state index in [1.165, 1.54) is 28.6 Å². The molecule has 1 aliphatic heterocycles. The highest BCUT2D eigenvalue weighted by molar-refractivity contribution is 6.23. The van der Waals surface area contributed by atoms with Crippen molar-refractivity contribution in [3.05, 3.63) is 116 Å². The summed E-state index contributed by atoms with van der Waals surface area (Å²) in [6.45, 7) is 1.77. The number of fused-ring (bicyclic) bond motifs is 3. The molecule has 0 amide bonds. The Kier molecular flexibility index (Phi) is 5.71. The summed E-state index contributed by atoms with van der Waals surface area (Å²) in [6.07, 6.45) is 6.98. The summed E-state index contributed by atoms with van der Waals surface area (Å²) in [7, 11) is 1.46. The van der Waals surface area contributed by atoms with E-state index in [4.69, 9.17) is 4.74 Å². The van der Waals surface area contributed by atoms with Crippen molar-refractivity contribution in [1.82, 2.24) is 13.9 Å². The van der Waals surface area contributed by atoms with Crippen LogP contribution in [0.2, 0.25) is 0 Å². The maximum atomic E-state index is 13.7. The second-order valence-corrected chi connectivity index (χ2v) is 9.77. The van der Waals surface area contributed by atoms with Gasteiger partial charge < -0.3 is 9.84 Å². The van der Waals surface area contributed by atoms with Crippen LogP contribution in [0.25, 0.3) is 11.8 Å². The molecule has 0 spiro atoms. The second kappa shape index (κ2) is 9.13. The van der Waals surface area contributed by atoms with Gasteiger partial charge in [0.25, 0.3) is 0 Å². The number of hydrogen-bond acceptors (Lipinski definition) is 6. The molecule has 0 saturated carbocycles. The Bertz CT molecular complexity index is 1800. The first-order valence-electron chi connectivity index (χ1n) is 12.6. The third kappa shape index (κ3) is 3.77. The molecular formula is C30H25N3O6. The Morgan fingerprint density at radius 2 is 1.79 bits per heavy atom. The van der Waals surface area contributed by atoms with Crippen molar-refractivity contribution in [3.63, 3.8) is 0 Å². The number of ketones is 2. The number of allylic oxidation sites excluding steroid dienone is 7. The number of hydrogen-bond donors (Lipinski definition) is 1. The van der Waals surface area contributed by atoms with Gasteiger partial charge in [-0.15, -0.1) is 0 Å². The summed E-state index contributed by atoms with van der Waals surface area (Å²) in [4.78, 5) is 53.5. The number of benzene rings is 2. The van der Waals surface area contributed by atoms with Crippen molar-refractivity contribution in [2.24, 2.45) is 5.92 Å². The van der Waals surface area contributed by atoms with E-state index < -0.39 is 23.3 Å². The van der Waals surface area contributed by atoms with Crippen LogP contribution >= 0.6 is 0 Å². The molecule has 0 unspecified atom stereocenters. The summed E-state index contributed by atoms with van der Waals surface area (Å²) in [6, 6.07) is 13.0. The zero-order chi connectivity index (χ0) is 27.4. The minimum absolute atomic E-state index is 0.00135. The first-order valence-corrected chi connectivity index (χ1v) is 12.6. The van der Waals surface area contributed by atoms with Crippen LogP contribution in [0.1, 0.15) is 24.9 Å². The monoisotopic (exact) mass is 523 g/mol. The van der Waals surface area contributed by atoms with Crippen LogP contribution in [-0.2, 0) is 16.1 Å². The fraction of sp³-hybridized carbons (Fsp3) is 0.200. The van der Waals surface area contributed by atoms with Gasteiger partial charge in [-0.1, -0.05) is 42.5 Å². The van der Waals surface area contributed by atoms with Gasteiger partial charge in [-0.05, 0) is 48.4 Å². The number of Topliss-reactive ketones (excluding diaryl/α,β-unsaturated/α-hetero) is 1. The zero-order valence-corrected chi connectivity index (χ0v) is 21.3. The standard InChI is InChI=1S/C30H25N3O6/c1-17-14-25(35)22-16-23-20(12-13-31-29(37)32(30(38)33(23)31)19-6-4-3-5-7-19)21(27(22)28(17)36)10-8-18-9-11-24(34)26(15-18)39-2/h3-12,14-15,21,23,34H,13,16H2,1-2H3/t21-,23+/m0/s1. The van der Waals surface area contributed by atoms with Gasteiger partial charge in [0.15, 0.2) is 23.1 Å². The maximum absolute atomic E-state index is 13.7. The van der Waals surface area contributed by atoms with E-state index in [1.807, 2.05) is 12.2 Å². The first kappa shape index (κ1) is 24.4. The molecule has 2 heterocycles. The number of rotatable bonds is 4. The van der Waals surface area contributed by atoms with Crippen LogP contribution in [0.4, 0.5) is 0 Å². The third-order valence-corrected chi connectivity index (χ3v) is 7.58. The fourth-order valence-electron chi connectivity index (χ4n) is 5.71. The average molecular weight is 524 g/mol. The Hall–Kier alpha value is -4.92. The number of methoxy groups -OCH3 is 1.